The molecule has 2 heterocycles. The number of benzene rings is 1. The first kappa shape index (κ1) is 23.8. The molecular weight excluding hydrogens is 451 g/mol. The van der Waals surface area contributed by atoms with E-state index in [1.807, 2.05) is 13.8 Å². The summed E-state index contributed by atoms with van der Waals surface area (Å²) in [7, 11) is 0. The van der Waals surface area contributed by atoms with E-state index in [0.29, 0.717) is 23.9 Å². The summed E-state index contributed by atoms with van der Waals surface area (Å²) in [5.74, 6) is 0.00176. The molecule has 2 aromatic rings. The Hall–Kier alpha value is -2.82. The second-order valence-corrected chi connectivity index (χ2v) is 8.42. The third-order valence-corrected chi connectivity index (χ3v) is 5.61. The monoisotopic (exact) mass is 473 g/mol. The molecule has 1 aliphatic heterocycles. The summed E-state index contributed by atoms with van der Waals surface area (Å²) in [6, 6.07) is 2.47. The van der Waals surface area contributed by atoms with E-state index in [2.05, 4.69) is 5.10 Å². The van der Waals surface area contributed by atoms with E-state index in [9.17, 15) is 28.1 Å². The van der Waals surface area contributed by atoms with Crippen LogP contribution in [0.25, 0.3) is 0 Å². The first-order valence-electron chi connectivity index (χ1n) is 10.0. The number of piperazine rings is 1. The largest absolute Gasteiger partial charge is 0.416 e. The number of amides is 1. The minimum Gasteiger partial charge on any atom is -0.362 e. The number of aryl methyl sites for hydroxylation is 1. The van der Waals surface area contributed by atoms with Gasteiger partial charge in [0.15, 0.2) is 0 Å². The molecule has 0 spiro atoms. The van der Waals surface area contributed by atoms with Gasteiger partial charge in [0.25, 0.3) is 11.6 Å². The molecule has 174 valence electrons. The number of aromatic nitrogens is 2. The fourth-order valence-electron chi connectivity index (χ4n) is 3.69. The molecule has 0 atom stereocenters. The van der Waals surface area contributed by atoms with Crippen molar-refractivity contribution in [3.8, 4) is 0 Å². The van der Waals surface area contributed by atoms with Gasteiger partial charge in [0.2, 0.25) is 0 Å². The van der Waals surface area contributed by atoms with Gasteiger partial charge in [0.05, 0.1) is 21.7 Å². The van der Waals surface area contributed by atoms with Crippen molar-refractivity contribution in [2.45, 2.75) is 33.5 Å². The Labute approximate surface area is 187 Å². The van der Waals surface area contributed by atoms with Crippen LogP contribution in [-0.2, 0) is 12.7 Å². The van der Waals surface area contributed by atoms with Crippen LogP contribution in [-0.4, -0.2) is 51.7 Å². The lowest BCUT2D eigenvalue weighted by Gasteiger charge is -2.35. The predicted molar refractivity (Wildman–Crippen MR) is 113 cm³/mol. The molecule has 1 aromatic carbocycles. The van der Waals surface area contributed by atoms with Crippen molar-refractivity contribution >= 4 is 28.9 Å². The van der Waals surface area contributed by atoms with Crippen LogP contribution in [0.1, 0.15) is 35.5 Å². The SMILES string of the molecule is Cc1nn(CC(C)C)c(Cl)c1C(=O)N1CCN(c2ccc(C(F)(F)F)cc2[N+](=O)[O-])CC1. The average Bonchev–Trinajstić information content (AvgIpc) is 2.98. The van der Waals surface area contributed by atoms with Crippen LogP contribution in [0.3, 0.4) is 0 Å². The van der Waals surface area contributed by atoms with E-state index in [-0.39, 0.29) is 48.8 Å². The Balaban J connectivity index is 1.77. The van der Waals surface area contributed by atoms with Gasteiger partial charge in [-0.1, -0.05) is 25.4 Å². The number of alkyl halides is 3. The molecule has 0 N–H and O–H groups in total. The van der Waals surface area contributed by atoms with Crippen LogP contribution in [0.15, 0.2) is 18.2 Å². The number of carbonyl (C=O) groups is 1. The summed E-state index contributed by atoms with van der Waals surface area (Å²) in [5, 5.41) is 16.0. The highest BCUT2D eigenvalue weighted by molar-refractivity contribution is 6.33. The Bertz CT molecular complexity index is 1030. The van der Waals surface area contributed by atoms with Gasteiger partial charge in [-0.2, -0.15) is 18.3 Å². The summed E-state index contributed by atoms with van der Waals surface area (Å²) in [6.07, 6.45) is -4.68. The summed E-state index contributed by atoms with van der Waals surface area (Å²) >= 11 is 6.40. The van der Waals surface area contributed by atoms with Gasteiger partial charge in [-0.15, -0.1) is 0 Å². The molecule has 32 heavy (non-hydrogen) atoms. The molecule has 0 bridgehead atoms. The molecule has 1 saturated heterocycles. The first-order chi connectivity index (χ1) is 14.9. The maximum absolute atomic E-state index is 13.1. The highest BCUT2D eigenvalue weighted by Crippen LogP contribution is 2.37. The zero-order chi connectivity index (χ0) is 23.8. The van der Waals surface area contributed by atoms with E-state index in [4.69, 9.17) is 11.6 Å². The van der Waals surface area contributed by atoms with E-state index in [0.717, 1.165) is 12.1 Å². The zero-order valence-corrected chi connectivity index (χ0v) is 18.6. The van der Waals surface area contributed by atoms with Gasteiger partial charge >= 0.3 is 6.18 Å². The van der Waals surface area contributed by atoms with Crippen molar-refractivity contribution in [2.24, 2.45) is 5.92 Å². The number of carbonyl (C=O) groups excluding carboxylic acids is 1. The van der Waals surface area contributed by atoms with Crippen molar-refractivity contribution in [3.63, 3.8) is 0 Å². The van der Waals surface area contributed by atoms with E-state index in [1.54, 1.807) is 21.4 Å². The molecule has 8 nitrogen and oxygen atoms in total. The van der Waals surface area contributed by atoms with Crippen LogP contribution in [0, 0.1) is 23.0 Å². The standard InChI is InChI=1S/C20H23ClF3N5O3/c1-12(2)11-28-18(21)17(13(3)25-28)19(30)27-8-6-26(7-9-27)15-5-4-14(20(22,23)24)10-16(15)29(31)32/h4-5,10,12H,6-9,11H2,1-3H3. The topological polar surface area (TPSA) is 84.5 Å². The number of nitro groups is 1. The van der Waals surface area contributed by atoms with Gasteiger partial charge in [-0.3, -0.25) is 19.6 Å². The zero-order valence-electron chi connectivity index (χ0n) is 17.8. The maximum atomic E-state index is 13.1. The number of halogens is 4. The molecule has 1 amide bonds. The number of rotatable bonds is 5. The second kappa shape index (κ2) is 8.97. The van der Waals surface area contributed by atoms with Crippen molar-refractivity contribution in [3.05, 3.63) is 50.3 Å². The molecule has 0 unspecified atom stereocenters. The fourth-order valence-corrected chi connectivity index (χ4v) is 4.01. The van der Waals surface area contributed by atoms with Gasteiger partial charge < -0.3 is 9.80 Å². The highest BCUT2D eigenvalue weighted by atomic mass is 35.5. The number of nitrogens with zero attached hydrogens (tertiary/aromatic N) is 5. The van der Waals surface area contributed by atoms with Crippen molar-refractivity contribution < 1.29 is 22.9 Å². The van der Waals surface area contributed by atoms with Crippen molar-refractivity contribution in [1.82, 2.24) is 14.7 Å². The summed E-state index contributed by atoms with van der Waals surface area (Å²) in [6.45, 7) is 7.23. The molecule has 0 radical (unpaired) electrons. The molecule has 0 saturated carbocycles. The Morgan fingerprint density at radius 1 is 1.25 bits per heavy atom. The maximum Gasteiger partial charge on any atom is 0.416 e. The number of anilines is 1. The van der Waals surface area contributed by atoms with Gasteiger partial charge in [0, 0.05) is 38.8 Å². The van der Waals surface area contributed by atoms with E-state index < -0.39 is 22.4 Å². The lowest BCUT2D eigenvalue weighted by Crippen LogP contribution is -2.49. The van der Waals surface area contributed by atoms with Crippen molar-refractivity contribution in [1.29, 1.82) is 0 Å². The minimum atomic E-state index is -4.68. The van der Waals surface area contributed by atoms with Crippen LogP contribution in [0.4, 0.5) is 24.5 Å². The Kier molecular flexibility index (Phi) is 6.68. The second-order valence-electron chi connectivity index (χ2n) is 8.06. The van der Waals surface area contributed by atoms with Crippen LogP contribution in [0.2, 0.25) is 5.15 Å². The van der Waals surface area contributed by atoms with E-state index in [1.165, 1.54) is 0 Å². The average molecular weight is 474 g/mol. The third kappa shape index (κ3) is 4.82. The Morgan fingerprint density at radius 2 is 1.88 bits per heavy atom. The number of hydrogen-bond donors (Lipinski definition) is 0. The fraction of sp³-hybridized carbons (Fsp3) is 0.500. The number of nitro benzene ring substituents is 1. The van der Waals surface area contributed by atoms with Gasteiger partial charge in [-0.05, 0) is 25.0 Å². The van der Waals surface area contributed by atoms with E-state index >= 15 is 0 Å². The third-order valence-electron chi connectivity index (χ3n) is 5.22. The molecule has 1 fully saturated rings. The predicted octanol–water partition coefficient (Wildman–Crippen LogP) is 4.39. The quantitative estimate of drug-likeness (QED) is 0.475. The Morgan fingerprint density at radius 3 is 2.41 bits per heavy atom. The van der Waals surface area contributed by atoms with Crippen LogP contribution >= 0.6 is 11.6 Å². The summed E-state index contributed by atoms with van der Waals surface area (Å²) in [4.78, 5) is 26.8. The summed E-state index contributed by atoms with van der Waals surface area (Å²) < 4.78 is 40.4. The molecular formula is C20H23ClF3N5O3. The molecule has 12 heteroatoms. The minimum absolute atomic E-state index is 0.0917. The molecule has 1 aromatic heterocycles. The molecule has 0 aliphatic carbocycles. The first-order valence-corrected chi connectivity index (χ1v) is 10.4. The van der Waals surface area contributed by atoms with Gasteiger partial charge in [-0.25, -0.2) is 0 Å². The normalized spacial score (nSPS) is 14.9. The lowest BCUT2D eigenvalue weighted by molar-refractivity contribution is -0.384. The van der Waals surface area contributed by atoms with Crippen LogP contribution < -0.4 is 4.90 Å². The summed E-state index contributed by atoms with van der Waals surface area (Å²) in [5.41, 5.74) is -0.768. The van der Waals surface area contributed by atoms with Crippen LogP contribution in [0.5, 0.6) is 0 Å². The number of hydrogen-bond acceptors (Lipinski definition) is 5. The lowest BCUT2D eigenvalue weighted by atomic mass is 10.1. The smallest absolute Gasteiger partial charge is 0.362 e. The highest BCUT2D eigenvalue weighted by Gasteiger charge is 2.35. The molecule has 1 aliphatic rings. The molecule has 3 rings (SSSR count). The van der Waals surface area contributed by atoms with Crippen molar-refractivity contribution in [2.75, 3.05) is 31.1 Å². The van der Waals surface area contributed by atoms with Gasteiger partial charge in [0.1, 0.15) is 10.8 Å².